The van der Waals surface area contributed by atoms with Crippen LogP contribution < -0.4 is 19.8 Å². The van der Waals surface area contributed by atoms with Crippen LogP contribution in [0.4, 0.5) is 5.69 Å². The lowest BCUT2D eigenvalue weighted by atomic mass is 10.1. The summed E-state index contributed by atoms with van der Waals surface area (Å²) in [5.74, 6) is -0.568. The summed E-state index contributed by atoms with van der Waals surface area (Å²) in [7, 11) is 1.32. The molecular weight excluding hydrogens is 412 g/mol. The molecule has 2 aromatic heterocycles. The third-order valence-corrected chi connectivity index (χ3v) is 4.00. The normalized spacial score (nSPS) is 10.8. The lowest BCUT2D eigenvalue weighted by molar-refractivity contribution is -0.806. The maximum Gasteiger partial charge on any atom is 0.285 e. The van der Waals surface area contributed by atoms with Crippen molar-refractivity contribution in [2.75, 3.05) is 13.7 Å². The van der Waals surface area contributed by atoms with Crippen molar-refractivity contribution in [2.45, 2.75) is 6.92 Å². The Morgan fingerprint density at radius 3 is 2.84 bits per heavy atom. The molecule has 0 spiro atoms. The molecule has 3 rings (SSSR count). The number of aromatic nitrogens is 3. The second-order valence-electron chi connectivity index (χ2n) is 6.01. The zero-order valence-corrected chi connectivity index (χ0v) is 16.3. The van der Waals surface area contributed by atoms with Gasteiger partial charge < -0.3 is 14.7 Å². The van der Waals surface area contributed by atoms with Crippen molar-refractivity contribution in [1.29, 1.82) is 0 Å². The van der Waals surface area contributed by atoms with Gasteiger partial charge in [0, 0.05) is 36.1 Å². The first-order valence-corrected chi connectivity index (χ1v) is 8.68. The number of nitro benzene ring substituents is 1. The first-order chi connectivity index (χ1) is 14.9. The minimum atomic E-state index is -0.677. The third kappa shape index (κ3) is 4.90. The van der Waals surface area contributed by atoms with Crippen molar-refractivity contribution in [3.8, 4) is 22.8 Å². The van der Waals surface area contributed by atoms with Crippen molar-refractivity contribution in [3.05, 3.63) is 63.2 Å². The van der Waals surface area contributed by atoms with Gasteiger partial charge in [-0.25, -0.2) is 5.43 Å². The number of pyridine rings is 1. The van der Waals surface area contributed by atoms with Gasteiger partial charge in [-0.1, -0.05) is 6.07 Å². The van der Waals surface area contributed by atoms with Gasteiger partial charge in [-0.05, 0) is 11.0 Å². The Balaban J connectivity index is 1.77. The minimum Gasteiger partial charge on any atom is -0.493 e. The Kier molecular flexibility index (Phi) is 6.35. The first-order valence-electron chi connectivity index (χ1n) is 8.68. The molecule has 31 heavy (non-hydrogen) atoms. The molecule has 13 heteroatoms. The van der Waals surface area contributed by atoms with E-state index in [0.717, 1.165) is 6.07 Å². The maximum absolute atomic E-state index is 12.0. The quantitative estimate of drug-likeness (QED) is 0.239. The highest BCUT2D eigenvalue weighted by molar-refractivity contribution is 5.82. The van der Waals surface area contributed by atoms with Crippen molar-refractivity contribution < 1.29 is 28.7 Å². The van der Waals surface area contributed by atoms with Crippen LogP contribution in [0.2, 0.25) is 0 Å². The number of nitro groups is 1. The van der Waals surface area contributed by atoms with Gasteiger partial charge in [0.15, 0.2) is 18.1 Å². The largest absolute Gasteiger partial charge is 0.493 e. The molecule has 0 aliphatic rings. The van der Waals surface area contributed by atoms with Crippen LogP contribution in [0, 0.1) is 22.2 Å². The third-order valence-electron chi connectivity index (χ3n) is 4.00. The predicted molar refractivity (Wildman–Crippen MR) is 104 cm³/mol. The van der Waals surface area contributed by atoms with Gasteiger partial charge in [0.2, 0.25) is 5.69 Å². The first kappa shape index (κ1) is 21.2. The van der Waals surface area contributed by atoms with Crippen molar-refractivity contribution in [1.82, 2.24) is 15.6 Å². The molecule has 0 saturated carbocycles. The Bertz CT molecular complexity index is 1130. The van der Waals surface area contributed by atoms with E-state index in [1.54, 1.807) is 24.5 Å². The molecule has 3 aromatic rings. The number of carbonyl (C=O) groups excluding carboxylic acids is 1. The number of hydrogen-bond donors (Lipinski definition) is 1. The van der Waals surface area contributed by atoms with Gasteiger partial charge >= 0.3 is 0 Å². The number of carbonyl (C=O) groups is 1. The zero-order valence-electron chi connectivity index (χ0n) is 16.3. The molecular formula is C18H16N6O7. The standard InChI is InChI=1S/C18H16N6O7/c1-11-18(22-31-24(11)28)13-6-15(29-2)16(7-14(13)23(26)27)30-10-17(25)21-20-9-12-4-3-5-19-8-12/h3-9H,10H2,1-2H3,(H,21,25)/b20-9+. The summed E-state index contributed by atoms with van der Waals surface area (Å²) in [5.41, 5.74) is 2.54. The Labute approximate surface area is 174 Å². The van der Waals surface area contributed by atoms with Crippen molar-refractivity contribution in [3.63, 3.8) is 0 Å². The summed E-state index contributed by atoms with van der Waals surface area (Å²) < 4.78 is 15.1. The highest BCUT2D eigenvalue weighted by Crippen LogP contribution is 2.39. The molecule has 0 aliphatic carbocycles. The molecule has 0 bridgehead atoms. The van der Waals surface area contributed by atoms with E-state index in [-0.39, 0.29) is 33.4 Å². The van der Waals surface area contributed by atoms with E-state index in [9.17, 15) is 20.1 Å². The molecule has 160 valence electrons. The fourth-order valence-electron chi connectivity index (χ4n) is 2.50. The van der Waals surface area contributed by atoms with E-state index < -0.39 is 23.1 Å². The number of amides is 1. The van der Waals surface area contributed by atoms with E-state index in [4.69, 9.17) is 9.47 Å². The number of nitrogens with zero attached hydrogens (tertiary/aromatic N) is 5. The monoisotopic (exact) mass is 428 g/mol. The molecule has 0 unspecified atom stereocenters. The number of ether oxygens (including phenoxy) is 2. The molecule has 0 fully saturated rings. The van der Waals surface area contributed by atoms with E-state index in [0.29, 0.717) is 5.56 Å². The molecule has 0 radical (unpaired) electrons. The van der Waals surface area contributed by atoms with Gasteiger partial charge in [0.05, 0.1) is 24.3 Å². The van der Waals surface area contributed by atoms with Gasteiger partial charge in [0.25, 0.3) is 17.3 Å². The Morgan fingerprint density at radius 2 is 2.23 bits per heavy atom. The van der Waals surface area contributed by atoms with Crippen molar-refractivity contribution in [2.24, 2.45) is 5.10 Å². The topological polar surface area (TPSA) is 169 Å². The molecule has 1 amide bonds. The highest BCUT2D eigenvalue weighted by Gasteiger charge is 2.29. The highest BCUT2D eigenvalue weighted by atomic mass is 16.8. The number of hydrogen-bond acceptors (Lipinski definition) is 10. The van der Waals surface area contributed by atoms with Crippen LogP contribution >= 0.6 is 0 Å². The summed E-state index contributed by atoms with van der Waals surface area (Å²) in [5, 5.41) is 30.3. The lowest BCUT2D eigenvalue weighted by Crippen LogP contribution is -2.25. The van der Waals surface area contributed by atoms with Gasteiger partial charge in [-0.3, -0.25) is 24.5 Å². The summed E-state index contributed by atoms with van der Waals surface area (Å²) in [6, 6.07) is 5.81. The predicted octanol–water partition coefficient (Wildman–Crippen LogP) is 1.12. The van der Waals surface area contributed by atoms with Crippen LogP contribution in [0.1, 0.15) is 11.3 Å². The van der Waals surface area contributed by atoms with E-state index >= 15 is 0 Å². The smallest absolute Gasteiger partial charge is 0.285 e. The number of hydrazone groups is 1. The van der Waals surface area contributed by atoms with Crippen LogP contribution in [-0.2, 0) is 4.79 Å². The van der Waals surface area contributed by atoms with Crippen LogP contribution in [0.15, 0.2) is 46.4 Å². The molecule has 0 aliphatic heterocycles. The zero-order chi connectivity index (χ0) is 22.4. The minimum absolute atomic E-state index is 0.00410. The SMILES string of the molecule is COc1cc(-c2no[n+]([O-])c2C)c([N+](=O)[O-])cc1OCC(=O)N/N=C/c1cccnc1. The summed E-state index contributed by atoms with van der Waals surface area (Å²) in [4.78, 5) is 26.9. The van der Waals surface area contributed by atoms with Crippen LogP contribution in [0.25, 0.3) is 11.3 Å². The Hall–Kier alpha value is -4.55. The Morgan fingerprint density at radius 1 is 1.42 bits per heavy atom. The number of benzene rings is 1. The summed E-state index contributed by atoms with van der Waals surface area (Å²) >= 11 is 0. The molecule has 0 atom stereocenters. The number of rotatable bonds is 8. The fraction of sp³-hybridized carbons (Fsp3) is 0.167. The second kappa shape index (κ2) is 9.30. The molecule has 1 aromatic carbocycles. The maximum atomic E-state index is 12.0. The lowest BCUT2D eigenvalue weighted by Gasteiger charge is -2.11. The fourth-order valence-corrected chi connectivity index (χ4v) is 2.50. The van der Waals surface area contributed by atoms with Crippen LogP contribution in [-0.4, -0.2) is 40.9 Å². The van der Waals surface area contributed by atoms with Gasteiger partial charge in [-0.15, -0.1) is 0 Å². The average Bonchev–Trinajstić information content (AvgIpc) is 3.10. The van der Waals surface area contributed by atoms with E-state index in [2.05, 4.69) is 25.3 Å². The van der Waals surface area contributed by atoms with Crippen molar-refractivity contribution >= 4 is 17.8 Å². The number of nitrogens with one attached hydrogen (secondary N) is 1. The summed E-state index contributed by atoms with van der Waals surface area (Å²) in [6.07, 6.45) is 4.56. The summed E-state index contributed by atoms with van der Waals surface area (Å²) in [6.45, 7) is 0.913. The van der Waals surface area contributed by atoms with Crippen LogP contribution in [0.5, 0.6) is 11.5 Å². The number of methoxy groups -OCH3 is 1. The average molecular weight is 428 g/mol. The van der Waals surface area contributed by atoms with E-state index in [1.165, 1.54) is 26.3 Å². The second-order valence-corrected chi connectivity index (χ2v) is 6.01. The van der Waals surface area contributed by atoms with Gasteiger partial charge in [0.1, 0.15) is 5.56 Å². The van der Waals surface area contributed by atoms with E-state index in [1.807, 2.05) is 0 Å². The molecule has 13 nitrogen and oxygen atoms in total. The van der Waals surface area contributed by atoms with Crippen LogP contribution in [0.3, 0.4) is 0 Å². The van der Waals surface area contributed by atoms with Gasteiger partial charge in [-0.2, -0.15) is 5.10 Å². The molecule has 2 heterocycles. The molecule has 0 saturated heterocycles. The molecule has 1 N–H and O–H groups in total.